The predicted molar refractivity (Wildman–Crippen MR) is 156 cm³/mol. The molecule has 3 aliphatic carbocycles. The number of aliphatic hydroxyl groups excluding tert-OH is 2. The van der Waals surface area contributed by atoms with E-state index in [0.29, 0.717) is 36.2 Å². The number of allylic oxidation sites excluding steroid dienone is 3. The van der Waals surface area contributed by atoms with Gasteiger partial charge < -0.3 is 14.9 Å². The molecule has 210 valence electrons. The van der Waals surface area contributed by atoms with E-state index >= 15 is 0 Å². The molecule has 5 rings (SSSR count). The molecule has 2 N–H and O–H groups in total. The van der Waals surface area contributed by atoms with Crippen molar-refractivity contribution in [1.82, 2.24) is 0 Å². The Labute approximate surface area is 234 Å². The number of aryl methyl sites for hydroxylation is 1. The van der Waals surface area contributed by atoms with E-state index in [1.807, 2.05) is 6.07 Å². The Morgan fingerprint density at radius 2 is 1.90 bits per heavy atom. The van der Waals surface area contributed by atoms with E-state index in [4.69, 9.17) is 4.74 Å². The van der Waals surface area contributed by atoms with Crippen LogP contribution in [0.3, 0.4) is 0 Å². The van der Waals surface area contributed by atoms with E-state index in [9.17, 15) is 15.0 Å². The zero-order valence-corrected chi connectivity index (χ0v) is 23.8. The number of hydrogen-bond acceptors (Lipinski definition) is 4. The summed E-state index contributed by atoms with van der Waals surface area (Å²) in [6.07, 6.45) is 12.8. The first-order valence-corrected chi connectivity index (χ1v) is 15.1. The summed E-state index contributed by atoms with van der Waals surface area (Å²) in [4.78, 5) is 12.5. The zero-order valence-electron chi connectivity index (χ0n) is 23.8. The van der Waals surface area contributed by atoms with Crippen molar-refractivity contribution in [3.8, 4) is 0 Å². The molecule has 0 spiro atoms. The summed E-state index contributed by atoms with van der Waals surface area (Å²) in [6.45, 7) is 13.1. The summed E-state index contributed by atoms with van der Waals surface area (Å²) in [7, 11) is 0. The highest BCUT2D eigenvalue weighted by Crippen LogP contribution is 2.60. The van der Waals surface area contributed by atoms with Gasteiger partial charge in [-0.3, -0.25) is 0 Å². The molecule has 0 bridgehead atoms. The second-order valence-corrected chi connectivity index (χ2v) is 13.0. The molecule has 4 aliphatic rings. The van der Waals surface area contributed by atoms with E-state index in [1.165, 1.54) is 36.8 Å². The predicted octanol–water partition coefficient (Wildman–Crippen LogP) is 6.88. The Bertz CT molecular complexity index is 1150. The molecule has 1 aromatic rings. The summed E-state index contributed by atoms with van der Waals surface area (Å²) in [5, 5.41) is 20.4. The molecule has 3 saturated carbocycles. The standard InChI is InChI=1S/C35H46O4/c1-22(19-33-29(24(3)34(38)39-33)15-12-25-9-6-5-7-10-25)30-16-17-31-26(11-8-18-35(30,31)4)13-14-27-20-28(36)21-32(37)23(27)2/h5-7,9-10,13-14,22,28-33,36-37H,2-3,8,11-12,15-21H2,1,4H3/t22-,28-,29?,30-,31+,32+,33?,35-/m1/s1. The molecule has 8 atom stereocenters. The summed E-state index contributed by atoms with van der Waals surface area (Å²) >= 11 is 0. The third-order valence-electron chi connectivity index (χ3n) is 10.6. The molecule has 4 fully saturated rings. The number of benzene rings is 1. The second kappa shape index (κ2) is 11.6. The van der Waals surface area contributed by atoms with Crippen LogP contribution in [0.4, 0.5) is 0 Å². The summed E-state index contributed by atoms with van der Waals surface area (Å²) in [6, 6.07) is 10.5. The van der Waals surface area contributed by atoms with Crippen molar-refractivity contribution < 1.29 is 19.7 Å². The van der Waals surface area contributed by atoms with Gasteiger partial charge in [-0.25, -0.2) is 4.79 Å². The van der Waals surface area contributed by atoms with Crippen molar-refractivity contribution in [3.05, 3.63) is 83.5 Å². The first-order chi connectivity index (χ1) is 18.7. The molecule has 1 aromatic carbocycles. The summed E-state index contributed by atoms with van der Waals surface area (Å²) in [5.41, 5.74) is 5.42. The molecule has 0 aromatic heterocycles. The maximum absolute atomic E-state index is 12.5. The van der Waals surface area contributed by atoms with Gasteiger partial charge in [0.2, 0.25) is 0 Å². The number of hydrogen-bond donors (Lipinski definition) is 2. The molecule has 39 heavy (non-hydrogen) atoms. The van der Waals surface area contributed by atoms with Crippen molar-refractivity contribution >= 4 is 5.97 Å². The maximum atomic E-state index is 12.5. The zero-order chi connectivity index (χ0) is 27.7. The lowest BCUT2D eigenvalue weighted by Crippen LogP contribution is -2.37. The van der Waals surface area contributed by atoms with Gasteiger partial charge in [-0.1, -0.05) is 75.1 Å². The van der Waals surface area contributed by atoms with Crippen molar-refractivity contribution in [2.75, 3.05) is 0 Å². The average Bonchev–Trinajstić information content (AvgIpc) is 3.40. The molecular formula is C35H46O4. The van der Waals surface area contributed by atoms with Crippen LogP contribution < -0.4 is 0 Å². The van der Waals surface area contributed by atoms with E-state index in [1.54, 1.807) is 0 Å². The van der Waals surface area contributed by atoms with Crippen molar-refractivity contribution in [1.29, 1.82) is 0 Å². The van der Waals surface area contributed by atoms with Gasteiger partial charge in [-0.05, 0) is 97.7 Å². The Morgan fingerprint density at radius 3 is 2.67 bits per heavy atom. The molecule has 0 radical (unpaired) electrons. The molecule has 1 aliphatic heterocycles. The average molecular weight is 531 g/mol. The number of rotatable bonds is 7. The molecule has 0 amide bonds. The monoisotopic (exact) mass is 530 g/mol. The highest BCUT2D eigenvalue weighted by molar-refractivity contribution is 5.90. The minimum absolute atomic E-state index is 0.0788. The lowest BCUT2D eigenvalue weighted by atomic mass is 9.60. The maximum Gasteiger partial charge on any atom is 0.334 e. The molecule has 1 saturated heterocycles. The fourth-order valence-corrected chi connectivity index (χ4v) is 8.42. The number of esters is 1. The second-order valence-electron chi connectivity index (χ2n) is 13.0. The van der Waals surface area contributed by atoms with Gasteiger partial charge in [0.05, 0.1) is 12.2 Å². The van der Waals surface area contributed by atoms with Gasteiger partial charge in [-0.15, -0.1) is 0 Å². The molecular weight excluding hydrogens is 484 g/mol. The number of aliphatic hydroxyl groups is 2. The Balaban J connectivity index is 1.27. The number of cyclic esters (lactones) is 1. The first kappa shape index (κ1) is 28.1. The number of carbonyl (C=O) groups excluding carboxylic acids is 1. The van der Waals surface area contributed by atoms with Crippen LogP contribution in [0, 0.1) is 29.1 Å². The fraction of sp³-hybridized carbons (Fsp3) is 0.571. The molecule has 4 nitrogen and oxygen atoms in total. The van der Waals surface area contributed by atoms with Crippen LogP contribution >= 0.6 is 0 Å². The van der Waals surface area contributed by atoms with Crippen LogP contribution in [0.2, 0.25) is 0 Å². The normalized spacial score (nSPS) is 37.8. The summed E-state index contributed by atoms with van der Waals surface area (Å²) in [5.74, 6) is 1.49. The van der Waals surface area contributed by atoms with Gasteiger partial charge in [0, 0.05) is 17.9 Å². The summed E-state index contributed by atoms with van der Waals surface area (Å²) < 4.78 is 5.92. The minimum Gasteiger partial charge on any atom is -0.458 e. The Kier molecular flexibility index (Phi) is 8.35. The van der Waals surface area contributed by atoms with Crippen LogP contribution in [0.15, 0.2) is 77.9 Å². The van der Waals surface area contributed by atoms with Crippen molar-refractivity contribution in [2.45, 2.75) is 96.4 Å². The molecule has 4 heteroatoms. The van der Waals surface area contributed by atoms with E-state index in [-0.39, 0.29) is 23.4 Å². The third-order valence-corrected chi connectivity index (χ3v) is 10.6. The topological polar surface area (TPSA) is 66.8 Å². The fourth-order valence-electron chi connectivity index (χ4n) is 8.42. The van der Waals surface area contributed by atoms with Gasteiger partial charge in [0.15, 0.2) is 0 Å². The highest BCUT2D eigenvalue weighted by Gasteiger charge is 2.51. The largest absolute Gasteiger partial charge is 0.458 e. The minimum atomic E-state index is -0.649. The van der Waals surface area contributed by atoms with Crippen molar-refractivity contribution in [2.24, 2.45) is 29.1 Å². The third kappa shape index (κ3) is 5.74. The smallest absolute Gasteiger partial charge is 0.334 e. The number of carbonyl (C=O) groups is 1. The lowest BCUT2D eigenvalue weighted by molar-refractivity contribution is -0.140. The van der Waals surface area contributed by atoms with Crippen LogP contribution in [0.1, 0.15) is 77.2 Å². The van der Waals surface area contributed by atoms with Crippen LogP contribution in [0.5, 0.6) is 0 Å². The van der Waals surface area contributed by atoms with E-state index in [0.717, 1.165) is 36.8 Å². The van der Waals surface area contributed by atoms with Gasteiger partial charge in [-0.2, -0.15) is 0 Å². The van der Waals surface area contributed by atoms with E-state index < -0.39 is 12.2 Å². The number of fused-ring (bicyclic) bond motifs is 1. The van der Waals surface area contributed by atoms with Crippen LogP contribution in [-0.4, -0.2) is 34.5 Å². The lowest BCUT2D eigenvalue weighted by Gasteiger charge is -2.45. The first-order valence-electron chi connectivity index (χ1n) is 15.1. The highest BCUT2D eigenvalue weighted by atomic mass is 16.6. The molecule has 2 unspecified atom stereocenters. The quantitative estimate of drug-likeness (QED) is 0.298. The molecule has 1 heterocycles. The van der Waals surface area contributed by atoms with E-state index in [2.05, 4.69) is 63.4 Å². The Hall–Kier alpha value is -2.43. The van der Waals surface area contributed by atoms with Gasteiger partial charge in [0.25, 0.3) is 0 Å². The Morgan fingerprint density at radius 1 is 1.13 bits per heavy atom. The number of ether oxygens (including phenoxy) is 1. The SMILES string of the molecule is C=C1C(=O)OC(C[C@@H](C)[C@H]2CC[C@H]3C(=CC=C4C[C@@H](O)C[C@H](O)C4=C)CCC[C@]23C)C1CCc1ccccc1. The van der Waals surface area contributed by atoms with Crippen LogP contribution in [-0.2, 0) is 16.0 Å². The van der Waals surface area contributed by atoms with Crippen LogP contribution in [0.25, 0.3) is 0 Å². The van der Waals surface area contributed by atoms with Gasteiger partial charge >= 0.3 is 5.97 Å². The van der Waals surface area contributed by atoms with Crippen molar-refractivity contribution in [3.63, 3.8) is 0 Å². The van der Waals surface area contributed by atoms with Gasteiger partial charge in [0.1, 0.15) is 6.10 Å².